The van der Waals surface area contributed by atoms with Gasteiger partial charge in [-0.1, -0.05) is 0 Å². The number of rotatable bonds is 1. The minimum absolute atomic E-state index is 0.278. The molecule has 0 aliphatic rings. The molecule has 0 N–H and O–H groups in total. The van der Waals surface area contributed by atoms with Gasteiger partial charge in [-0.05, 0) is 6.07 Å². The molecule has 1 nitrogen and oxygen atoms in total. The van der Waals surface area contributed by atoms with Crippen LogP contribution >= 0.6 is 0 Å². The van der Waals surface area contributed by atoms with Crippen LogP contribution in [0.3, 0.4) is 0 Å². The molecule has 0 saturated heterocycles. The van der Waals surface area contributed by atoms with Gasteiger partial charge in [0.05, 0.1) is 11.1 Å². The van der Waals surface area contributed by atoms with Crippen molar-refractivity contribution in [3.05, 3.63) is 34.9 Å². The summed E-state index contributed by atoms with van der Waals surface area (Å²) in [5, 5.41) is 8.26. The van der Waals surface area contributed by atoms with E-state index in [0.717, 1.165) is 0 Å². The lowest BCUT2D eigenvalue weighted by Crippen LogP contribution is -1.95. The van der Waals surface area contributed by atoms with Crippen molar-refractivity contribution in [2.45, 2.75) is 6.43 Å². The van der Waals surface area contributed by atoms with E-state index in [0.29, 0.717) is 6.07 Å². The van der Waals surface area contributed by atoms with Gasteiger partial charge < -0.3 is 0 Å². The zero-order valence-electron chi connectivity index (χ0n) is 6.19. The number of benzene rings is 1. The van der Waals surface area contributed by atoms with Gasteiger partial charge in [0.25, 0.3) is 6.43 Å². The van der Waals surface area contributed by atoms with Gasteiger partial charge in [0, 0.05) is 6.07 Å². The molecule has 0 atom stereocenters. The monoisotopic (exact) mass is 189 g/mol. The quantitative estimate of drug-likeness (QED) is 0.623. The minimum atomic E-state index is -3.05. The molecule has 1 rings (SSSR count). The Morgan fingerprint density at radius 1 is 1.15 bits per heavy atom. The molecule has 0 radical (unpaired) electrons. The Morgan fingerprint density at radius 3 is 2.23 bits per heavy atom. The summed E-state index contributed by atoms with van der Waals surface area (Å²) in [4.78, 5) is 0. The molecule has 0 saturated carbocycles. The number of nitriles is 1. The summed E-state index contributed by atoms with van der Waals surface area (Å²) in [5.74, 6) is -2.48. The van der Waals surface area contributed by atoms with Crippen LogP contribution in [0, 0.1) is 23.0 Å². The summed E-state index contributed by atoms with van der Waals surface area (Å²) < 4.78 is 49.2. The Hall–Kier alpha value is -1.57. The summed E-state index contributed by atoms with van der Waals surface area (Å²) in [7, 11) is 0. The molecule has 1 aromatic carbocycles. The van der Waals surface area contributed by atoms with Crippen LogP contribution in [-0.4, -0.2) is 0 Å². The molecule has 0 aliphatic carbocycles. The second kappa shape index (κ2) is 3.44. The number of hydrogen-bond acceptors (Lipinski definition) is 1. The van der Waals surface area contributed by atoms with Gasteiger partial charge in [-0.25, -0.2) is 17.6 Å². The van der Waals surface area contributed by atoms with Gasteiger partial charge in [-0.15, -0.1) is 0 Å². The largest absolute Gasteiger partial charge is 0.266 e. The van der Waals surface area contributed by atoms with E-state index in [-0.39, 0.29) is 6.07 Å². The third-order valence-electron chi connectivity index (χ3n) is 1.44. The van der Waals surface area contributed by atoms with Crippen molar-refractivity contribution in [3.8, 4) is 6.07 Å². The summed E-state index contributed by atoms with van der Waals surface area (Å²) in [6.45, 7) is 0. The van der Waals surface area contributed by atoms with Crippen molar-refractivity contribution in [2.24, 2.45) is 0 Å². The SMILES string of the molecule is N#Cc1cc(C(F)F)c(F)cc1F. The van der Waals surface area contributed by atoms with Gasteiger partial charge in [0.1, 0.15) is 17.7 Å². The molecule has 13 heavy (non-hydrogen) atoms. The van der Waals surface area contributed by atoms with E-state index in [4.69, 9.17) is 5.26 Å². The summed E-state index contributed by atoms with van der Waals surface area (Å²) in [5.41, 5.74) is -1.55. The average molecular weight is 189 g/mol. The fraction of sp³-hybridized carbons (Fsp3) is 0.125. The van der Waals surface area contributed by atoms with Crippen LogP contribution in [0.25, 0.3) is 0 Å². The molecule has 5 heteroatoms. The number of hydrogen-bond donors (Lipinski definition) is 0. The molecular formula is C8H3F4N. The molecule has 0 aliphatic heterocycles. The number of nitrogens with zero attached hydrogens (tertiary/aromatic N) is 1. The topological polar surface area (TPSA) is 23.8 Å². The molecule has 0 aromatic heterocycles. The fourth-order valence-corrected chi connectivity index (χ4v) is 0.819. The van der Waals surface area contributed by atoms with E-state index >= 15 is 0 Å². The second-order valence-corrected chi connectivity index (χ2v) is 2.27. The molecule has 1 aromatic rings. The van der Waals surface area contributed by atoms with E-state index in [9.17, 15) is 17.6 Å². The molecule has 0 heterocycles. The highest BCUT2D eigenvalue weighted by atomic mass is 19.3. The summed E-state index contributed by atoms with van der Waals surface area (Å²) in [6, 6.07) is 2.13. The van der Waals surface area contributed by atoms with E-state index in [2.05, 4.69) is 0 Å². The first-order valence-corrected chi connectivity index (χ1v) is 3.23. The molecule has 68 valence electrons. The van der Waals surface area contributed by atoms with E-state index in [1.54, 1.807) is 0 Å². The zero-order valence-corrected chi connectivity index (χ0v) is 6.19. The van der Waals surface area contributed by atoms with Gasteiger partial charge in [-0.3, -0.25) is 0 Å². The van der Waals surface area contributed by atoms with Crippen molar-refractivity contribution in [1.82, 2.24) is 0 Å². The summed E-state index contributed by atoms with van der Waals surface area (Å²) >= 11 is 0. The highest BCUT2D eigenvalue weighted by Gasteiger charge is 2.16. The Balaban J connectivity index is 3.33. The first-order valence-electron chi connectivity index (χ1n) is 3.23. The van der Waals surface area contributed by atoms with Crippen molar-refractivity contribution in [3.63, 3.8) is 0 Å². The molecule has 0 spiro atoms. The minimum Gasteiger partial charge on any atom is -0.206 e. The molecule has 0 bridgehead atoms. The van der Waals surface area contributed by atoms with Crippen molar-refractivity contribution in [2.75, 3.05) is 0 Å². The third-order valence-corrected chi connectivity index (χ3v) is 1.44. The lowest BCUT2D eigenvalue weighted by atomic mass is 10.1. The maximum Gasteiger partial charge on any atom is 0.266 e. The zero-order chi connectivity index (χ0) is 10.0. The van der Waals surface area contributed by atoms with Gasteiger partial charge >= 0.3 is 0 Å². The maximum atomic E-state index is 12.6. The van der Waals surface area contributed by atoms with Gasteiger partial charge in [0.2, 0.25) is 0 Å². The highest BCUT2D eigenvalue weighted by Crippen LogP contribution is 2.24. The van der Waals surface area contributed by atoms with E-state index in [1.165, 1.54) is 6.07 Å². The average Bonchev–Trinajstić information content (AvgIpc) is 2.03. The van der Waals surface area contributed by atoms with E-state index < -0.39 is 29.2 Å². The van der Waals surface area contributed by atoms with Crippen LogP contribution in [-0.2, 0) is 0 Å². The van der Waals surface area contributed by atoms with Crippen LogP contribution in [0.2, 0.25) is 0 Å². The predicted molar refractivity (Wildman–Crippen MR) is 36.0 cm³/mol. The number of alkyl halides is 2. The predicted octanol–water partition coefficient (Wildman–Crippen LogP) is 2.77. The van der Waals surface area contributed by atoms with Gasteiger partial charge in [-0.2, -0.15) is 5.26 Å². The Kier molecular flexibility index (Phi) is 2.52. The molecule has 0 fully saturated rings. The van der Waals surface area contributed by atoms with Crippen molar-refractivity contribution in [1.29, 1.82) is 5.26 Å². The Labute approximate surface area is 71.2 Å². The smallest absolute Gasteiger partial charge is 0.206 e. The lowest BCUT2D eigenvalue weighted by Gasteiger charge is -2.02. The molecular weight excluding hydrogens is 186 g/mol. The van der Waals surface area contributed by atoms with Crippen LogP contribution < -0.4 is 0 Å². The van der Waals surface area contributed by atoms with Gasteiger partial charge in [0.15, 0.2) is 0 Å². The fourth-order valence-electron chi connectivity index (χ4n) is 0.819. The second-order valence-electron chi connectivity index (χ2n) is 2.27. The van der Waals surface area contributed by atoms with Crippen molar-refractivity contribution < 1.29 is 17.6 Å². The first-order chi connectivity index (χ1) is 6.06. The summed E-state index contributed by atoms with van der Waals surface area (Å²) in [6.07, 6.45) is -3.05. The lowest BCUT2D eigenvalue weighted by molar-refractivity contribution is 0.146. The first kappa shape index (κ1) is 9.52. The highest BCUT2D eigenvalue weighted by molar-refractivity contribution is 5.35. The molecule has 0 unspecified atom stereocenters. The Bertz CT molecular complexity index is 367. The number of halogens is 4. The van der Waals surface area contributed by atoms with E-state index in [1.807, 2.05) is 0 Å². The standard InChI is InChI=1S/C8H3F4N/c9-6-2-7(10)5(8(11)12)1-4(6)3-13/h1-2,8H. The van der Waals surface area contributed by atoms with Crippen LogP contribution in [0.5, 0.6) is 0 Å². The van der Waals surface area contributed by atoms with Crippen LogP contribution in [0.15, 0.2) is 12.1 Å². The third kappa shape index (κ3) is 1.78. The molecule has 0 amide bonds. The Morgan fingerprint density at radius 2 is 1.77 bits per heavy atom. The normalized spacial score (nSPS) is 10.2. The van der Waals surface area contributed by atoms with Crippen molar-refractivity contribution >= 4 is 0 Å². The van der Waals surface area contributed by atoms with Crippen LogP contribution in [0.4, 0.5) is 17.6 Å². The van der Waals surface area contributed by atoms with Crippen LogP contribution in [0.1, 0.15) is 17.6 Å². The maximum absolute atomic E-state index is 12.6.